The predicted octanol–water partition coefficient (Wildman–Crippen LogP) is 2.33. The Balaban J connectivity index is 2.50. The number of amides is 1. The lowest BCUT2D eigenvalue weighted by Gasteiger charge is -2.12. The van der Waals surface area contributed by atoms with Gasteiger partial charge >= 0.3 is 11.9 Å². The largest absolute Gasteiger partial charge is 0.463 e. The second kappa shape index (κ2) is 8.84. The summed E-state index contributed by atoms with van der Waals surface area (Å²) in [6.07, 6.45) is 0.813. The van der Waals surface area contributed by atoms with Gasteiger partial charge in [0.05, 0.1) is 6.61 Å². The van der Waals surface area contributed by atoms with Crippen LogP contribution >= 0.6 is 11.6 Å². The van der Waals surface area contributed by atoms with Crippen LogP contribution in [0.1, 0.15) is 13.8 Å². The van der Waals surface area contributed by atoms with Crippen LogP contribution in [0.5, 0.6) is 0 Å². The summed E-state index contributed by atoms with van der Waals surface area (Å²) in [5, 5.41) is 3.03. The van der Waals surface area contributed by atoms with Gasteiger partial charge in [-0.25, -0.2) is 9.59 Å². The highest BCUT2D eigenvalue weighted by molar-refractivity contribution is 6.30. The molecule has 1 atom stereocenters. The molecule has 0 saturated carbocycles. The summed E-state index contributed by atoms with van der Waals surface area (Å²) in [6, 6.07) is 6.56. The number of anilines is 1. The molecule has 0 bridgehead atoms. The highest BCUT2D eigenvalue weighted by atomic mass is 35.5. The van der Waals surface area contributed by atoms with Crippen molar-refractivity contribution in [3.05, 3.63) is 41.4 Å². The lowest BCUT2D eigenvalue weighted by atomic mass is 10.3. The number of hydrogen-bond acceptors (Lipinski definition) is 5. The van der Waals surface area contributed by atoms with Crippen molar-refractivity contribution < 1.29 is 23.9 Å². The van der Waals surface area contributed by atoms with Crippen molar-refractivity contribution in [2.75, 3.05) is 11.9 Å². The highest BCUT2D eigenvalue weighted by Gasteiger charge is 2.16. The van der Waals surface area contributed by atoms with Crippen molar-refractivity contribution in [1.29, 1.82) is 0 Å². The van der Waals surface area contributed by atoms with Crippen LogP contribution < -0.4 is 5.32 Å². The molecular weight excluding hydrogens is 310 g/mol. The lowest BCUT2D eigenvalue weighted by molar-refractivity contribution is -0.148. The van der Waals surface area contributed by atoms with E-state index in [0.717, 1.165) is 12.2 Å². The Morgan fingerprint density at radius 1 is 1.27 bits per heavy atom. The van der Waals surface area contributed by atoms with Crippen molar-refractivity contribution in [3.63, 3.8) is 0 Å². The van der Waals surface area contributed by atoms with Crippen LogP contribution in [0.2, 0.25) is 5.02 Å². The van der Waals surface area contributed by atoms with Crippen molar-refractivity contribution in [2.24, 2.45) is 0 Å². The van der Waals surface area contributed by atoms with E-state index in [4.69, 9.17) is 16.3 Å². The molecule has 22 heavy (non-hydrogen) atoms. The number of ether oxygens (including phenoxy) is 2. The van der Waals surface area contributed by atoms with E-state index in [1.807, 2.05) is 0 Å². The minimum absolute atomic E-state index is 0.205. The fraction of sp³-hybridized carbons (Fsp3) is 0.267. The number of nitrogens with one attached hydrogen (secondary N) is 1. The van der Waals surface area contributed by atoms with Crippen LogP contribution in [0.15, 0.2) is 36.4 Å². The van der Waals surface area contributed by atoms with Gasteiger partial charge in [0.25, 0.3) is 5.91 Å². The van der Waals surface area contributed by atoms with E-state index in [9.17, 15) is 14.4 Å². The van der Waals surface area contributed by atoms with Crippen LogP contribution in [0, 0.1) is 0 Å². The third-order valence-electron chi connectivity index (χ3n) is 2.40. The molecule has 118 valence electrons. The molecule has 0 aliphatic rings. The van der Waals surface area contributed by atoms with Gasteiger partial charge in [0, 0.05) is 22.9 Å². The molecule has 0 saturated heterocycles. The van der Waals surface area contributed by atoms with Crippen LogP contribution in [-0.4, -0.2) is 30.6 Å². The summed E-state index contributed by atoms with van der Waals surface area (Å²) >= 11 is 5.80. The molecule has 1 aromatic rings. The van der Waals surface area contributed by atoms with E-state index in [1.54, 1.807) is 31.2 Å². The monoisotopic (exact) mass is 325 g/mol. The zero-order valence-corrected chi connectivity index (χ0v) is 12.9. The summed E-state index contributed by atoms with van der Waals surface area (Å²) in [5.74, 6) is -1.99. The van der Waals surface area contributed by atoms with Gasteiger partial charge < -0.3 is 14.8 Å². The topological polar surface area (TPSA) is 81.7 Å². The van der Waals surface area contributed by atoms with E-state index >= 15 is 0 Å². The van der Waals surface area contributed by atoms with Crippen molar-refractivity contribution >= 4 is 35.1 Å². The van der Waals surface area contributed by atoms with Crippen LogP contribution in [0.25, 0.3) is 0 Å². The average Bonchev–Trinajstić information content (AvgIpc) is 2.45. The Bertz CT molecular complexity index is 585. The van der Waals surface area contributed by atoms with E-state index in [0.29, 0.717) is 10.7 Å². The Morgan fingerprint density at radius 2 is 1.95 bits per heavy atom. The second-order valence-corrected chi connectivity index (χ2v) is 4.60. The van der Waals surface area contributed by atoms with Gasteiger partial charge in [-0.3, -0.25) is 4.79 Å². The van der Waals surface area contributed by atoms with Crippen LogP contribution in [0.3, 0.4) is 0 Å². The van der Waals surface area contributed by atoms with Gasteiger partial charge in [0.15, 0.2) is 6.10 Å². The number of carbonyl (C=O) groups excluding carboxylic acids is 3. The summed E-state index contributed by atoms with van der Waals surface area (Å²) in [6.45, 7) is 3.26. The summed E-state index contributed by atoms with van der Waals surface area (Å²) in [5.41, 5.74) is 0.488. The number of benzene rings is 1. The zero-order valence-electron chi connectivity index (χ0n) is 12.2. The first-order valence-corrected chi connectivity index (χ1v) is 6.92. The van der Waals surface area contributed by atoms with Crippen molar-refractivity contribution in [2.45, 2.75) is 20.0 Å². The molecule has 0 aliphatic heterocycles. The van der Waals surface area contributed by atoms with Crippen LogP contribution in [-0.2, 0) is 23.9 Å². The third kappa shape index (κ3) is 6.41. The Hall–Kier alpha value is -2.34. The molecule has 1 amide bonds. The second-order valence-electron chi connectivity index (χ2n) is 4.16. The molecule has 0 fully saturated rings. The Morgan fingerprint density at radius 3 is 2.59 bits per heavy atom. The quantitative estimate of drug-likeness (QED) is 0.641. The molecule has 1 unspecified atom stereocenters. The number of hydrogen-bond donors (Lipinski definition) is 1. The predicted molar refractivity (Wildman–Crippen MR) is 81.4 cm³/mol. The smallest absolute Gasteiger partial charge is 0.331 e. The lowest BCUT2D eigenvalue weighted by Crippen LogP contribution is -2.29. The summed E-state index contributed by atoms with van der Waals surface area (Å²) < 4.78 is 9.47. The minimum atomic E-state index is -1.03. The first kappa shape index (κ1) is 17.7. The highest BCUT2D eigenvalue weighted by Crippen LogP contribution is 2.15. The average molecular weight is 326 g/mol. The van der Waals surface area contributed by atoms with Gasteiger partial charge in [0.1, 0.15) is 0 Å². The van der Waals surface area contributed by atoms with E-state index in [1.165, 1.54) is 6.92 Å². The molecule has 0 heterocycles. The fourth-order valence-corrected chi connectivity index (χ4v) is 1.59. The maximum absolute atomic E-state index is 11.9. The number of halogens is 1. The first-order valence-electron chi connectivity index (χ1n) is 6.54. The molecule has 1 aromatic carbocycles. The SMILES string of the molecule is CCOC(=O)/C=C/C(=O)OC(C)C(=O)Nc1cccc(Cl)c1. The zero-order chi connectivity index (χ0) is 16.5. The normalized spacial score (nSPS) is 11.8. The maximum atomic E-state index is 11.9. The van der Waals surface area contributed by atoms with Crippen LogP contribution in [0.4, 0.5) is 5.69 Å². The fourth-order valence-electron chi connectivity index (χ4n) is 1.40. The van der Waals surface area contributed by atoms with Gasteiger partial charge in [-0.05, 0) is 32.0 Å². The summed E-state index contributed by atoms with van der Waals surface area (Å²) in [4.78, 5) is 34.3. The van der Waals surface area contributed by atoms with Gasteiger partial charge in [-0.2, -0.15) is 0 Å². The molecule has 0 spiro atoms. The Labute approximate surface area is 133 Å². The van der Waals surface area contributed by atoms with Gasteiger partial charge in [0.2, 0.25) is 0 Å². The minimum Gasteiger partial charge on any atom is -0.463 e. The molecule has 0 aromatic heterocycles. The Kier molecular flexibility index (Phi) is 7.12. The van der Waals surface area contributed by atoms with E-state index < -0.39 is 23.9 Å². The standard InChI is InChI=1S/C15H16ClNO5/c1-3-21-13(18)7-8-14(19)22-10(2)15(20)17-12-6-4-5-11(16)9-12/h4-10H,3H2,1-2H3,(H,17,20)/b8-7+. The van der Waals surface area contributed by atoms with Crippen molar-refractivity contribution in [3.8, 4) is 0 Å². The first-order chi connectivity index (χ1) is 10.4. The van der Waals surface area contributed by atoms with Gasteiger partial charge in [-0.15, -0.1) is 0 Å². The molecule has 7 heteroatoms. The molecule has 0 aliphatic carbocycles. The molecule has 6 nitrogen and oxygen atoms in total. The maximum Gasteiger partial charge on any atom is 0.331 e. The van der Waals surface area contributed by atoms with E-state index in [-0.39, 0.29) is 6.61 Å². The number of esters is 2. The summed E-state index contributed by atoms with van der Waals surface area (Å²) in [7, 11) is 0. The third-order valence-corrected chi connectivity index (χ3v) is 2.63. The van der Waals surface area contributed by atoms with Gasteiger partial charge in [-0.1, -0.05) is 17.7 Å². The van der Waals surface area contributed by atoms with Crippen molar-refractivity contribution in [1.82, 2.24) is 0 Å². The number of carbonyl (C=O) groups is 3. The molecule has 1 N–H and O–H groups in total. The van der Waals surface area contributed by atoms with E-state index in [2.05, 4.69) is 10.1 Å². The number of rotatable bonds is 6. The molecular formula is C15H16ClNO5. The molecule has 0 radical (unpaired) electrons. The molecule has 1 rings (SSSR count).